The Labute approximate surface area is 154 Å². The van der Waals surface area contributed by atoms with Gasteiger partial charge in [0, 0.05) is 12.5 Å². The molecule has 136 valence electrons. The summed E-state index contributed by atoms with van der Waals surface area (Å²) in [5.41, 5.74) is 1.77. The van der Waals surface area contributed by atoms with Crippen molar-refractivity contribution in [3.63, 3.8) is 0 Å². The zero-order valence-corrected chi connectivity index (χ0v) is 15.0. The van der Waals surface area contributed by atoms with E-state index in [2.05, 4.69) is 14.4 Å². The summed E-state index contributed by atoms with van der Waals surface area (Å²) >= 11 is 0. The van der Waals surface area contributed by atoms with Crippen LogP contribution in [0.2, 0.25) is 0 Å². The number of carbonyl (C=O) groups is 2. The Morgan fingerprint density at radius 3 is 2.46 bits per heavy atom. The Bertz CT molecular complexity index is 703. The Hall–Kier alpha value is -2.76. The first-order valence-electron chi connectivity index (χ1n) is 8.69. The average Bonchev–Trinajstić information content (AvgIpc) is 2.66. The minimum Gasteiger partial charge on any atom is -0.494 e. The molecule has 0 unspecified atom stereocenters. The molecule has 1 aliphatic rings. The fourth-order valence-electron chi connectivity index (χ4n) is 2.30. The molecule has 0 radical (unpaired) electrons. The van der Waals surface area contributed by atoms with E-state index in [4.69, 9.17) is 14.2 Å². The number of hydrogen-bond donors (Lipinski definition) is 0. The average molecular weight is 354 g/mol. The van der Waals surface area contributed by atoms with Crippen LogP contribution in [0.15, 0.2) is 60.3 Å². The molecule has 1 aliphatic carbocycles. The second-order valence-electron chi connectivity index (χ2n) is 5.99. The lowest BCUT2D eigenvalue weighted by Crippen LogP contribution is -2.07. The van der Waals surface area contributed by atoms with Crippen LogP contribution in [0.4, 0.5) is 0 Å². The maximum atomic E-state index is 12.1. The number of hydrogen-bond acceptors (Lipinski definition) is 5. The lowest BCUT2D eigenvalue weighted by molar-refractivity contribution is -0.137. The lowest BCUT2D eigenvalue weighted by Gasteiger charge is -2.12. The third kappa shape index (κ3) is 6.63. The molecule has 26 heavy (non-hydrogen) atoms. The van der Waals surface area contributed by atoms with E-state index in [9.17, 15) is 9.59 Å². The number of ether oxygens (including phenoxy) is 3. The second-order valence-corrected chi connectivity index (χ2v) is 5.99. The molecule has 0 spiro atoms. The quantitative estimate of drug-likeness (QED) is 0.295. The van der Waals surface area contributed by atoms with Gasteiger partial charge < -0.3 is 14.2 Å². The predicted molar refractivity (Wildman–Crippen MR) is 102 cm³/mol. The van der Waals surface area contributed by atoms with Crippen LogP contribution in [0, 0.1) is 0 Å². The standard InChI is InChI=1S/C20H23BO5/c1-2-19(22)25-14-4-3-13-24-17-9-5-15(6-10-17)20(23)26-18-11-7-16(21)8-12-18/h2,5-7,9-11H,1,3-4,8,12-14,21H2. The summed E-state index contributed by atoms with van der Waals surface area (Å²) in [6.07, 6.45) is 8.10. The number of benzene rings is 1. The summed E-state index contributed by atoms with van der Waals surface area (Å²) in [7, 11) is 2.06. The van der Waals surface area contributed by atoms with Gasteiger partial charge in [-0.1, -0.05) is 12.7 Å². The van der Waals surface area contributed by atoms with Crippen molar-refractivity contribution < 1.29 is 23.8 Å². The minimum atomic E-state index is -0.413. The van der Waals surface area contributed by atoms with Crippen molar-refractivity contribution in [2.45, 2.75) is 25.7 Å². The number of carbonyl (C=O) groups excluding carboxylic acids is 2. The molecule has 0 saturated heterocycles. The molecule has 0 saturated carbocycles. The Balaban J connectivity index is 1.71. The summed E-state index contributed by atoms with van der Waals surface area (Å²) < 4.78 is 15.9. The van der Waals surface area contributed by atoms with Crippen LogP contribution in [0.5, 0.6) is 5.75 Å². The van der Waals surface area contributed by atoms with Crippen LogP contribution >= 0.6 is 0 Å². The van der Waals surface area contributed by atoms with Gasteiger partial charge in [0.2, 0.25) is 0 Å². The van der Waals surface area contributed by atoms with Gasteiger partial charge in [-0.05, 0) is 49.6 Å². The Kier molecular flexibility index (Phi) is 7.74. The van der Waals surface area contributed by atoms with Crippen LogP contribution in [0.25, 0.3) is 0 Å². The molecule has 2 rings (SSSR count). The van der Waals surface area contributed by atoms with Crippen molar-refractivity contribution in [3.8, 4) is 5.75 Å². The summed E-state index contributed by atoms with van der Waals surface area (Å²) in [6, 6.07) is 6.86. The highest BCUT2D eigenvalue weighted by Crippen LogP contribution is 2.20. The van der Waals surface area contributed by atoms with Gasteiger partial charge in [0.15, 0.2) is 0 Å². The first kappa shape index (κ1) is 19.6. The van der Waals surface area contributed by atoms with Crippen molar-refractivity contribution in [3.05, 3.63) is 65.9 Å². The van der Waals surface area contributed by atoms with Gasteiger partial charge in [-0.3, -0.25) is 0 Å². The van der Waals surface area contributed by atoms with Crippen LogP contribution in [0.1, 0.15) is 36.0 Å². The molecule has 1 aromatic carbocycles. The molecule has 0 N–H and O–H groups in total. The van der Waals surface area contributed by atoms with Crippen LogP contribution < -0.4 is 4.74 Å². The van der Waals surface area contributed by atoms with Crippen molar-refractivity contribution in [1.82, 2.24) is 0 Å². The normalized spacial score (nSPS) is 13.2. The molecular weight excluding hydrogens is 331 g/mol. The van der Waals surface area contributed by atoms with Crippen LogP contribution in [-0.4, -0.2) is 33.0 Å². The van der Waals surface area contributed by atoms with E-state index in [0.29, 0.717) is 36.7 Å². The smallest absolute Gasteiger partial charge is 0.343 e. The summed E-state index contributed by atoms with van der Waals surface area (Å²) in [6.45, 7) is 4.19. The van der Waals surface area contributed by atoms with E-state index in [-0.39, 0.29) is 5.97 Å². The molecule has 0 heterocycles. The van der Waals surface area contributed by atoms with Gasteiger partial charge in [-0.25, -0.2) is 9.59 Å². The van der Waals surface area contributed by atoms with Crippen molar-refractivity contribution >= 4 is 19.8 Å². The van der Waals surface area contributed by atoms with E-state index < -0.39 is 5.97 Å². The largest absolute Gasteiger partial charge is 0.494 e. The molecule has 0 amide bonds. The second kappa shape index (κ2) is 10.3. The van der Waals surface area contributed by atoms with Crippen molar-refractivity contribution in [2.24, 2.45) is 0 Å². The molecule has 5 nitrogen and oxygen atoms in total. The van der Waals surface area contributed by atoms with Crippen molar-refractivity contribution in [2.75, 3.05) is 13.2 Å². The molecule has 0 bridgehead atoms. The molecule has 1 aromatic rings. The molecule has 0 aliphatic heterocycles. The van der Waals surface area contributed by atoms with Crippen LogP contribution in [0.3, 0.4) is 0 Å². The van der Waals surface area contributed by atoms with E-state index in [1.807, 2.05) is 12.2 Å². The summed E-state index contributed by atoms with van der Waals surface area (Å²) in [5, 5.41) is 0. The SMILES string of the molecule is BC1=CC=C(OC(=O)c2ccc(OCCCCOC(=O)C=C)cc2)CC1. The Morgan fingerprint density at radius 2 is 1.81 bits per heavy atom. The minimum absolute atomic E-state index is 0.351. The monoisotopic (exact) mass is 354 g/mol. The molecule has 0 atom stereocenters. The third-order valence-corrected chi connectivity index (χ3v) is 3.85. The fraction of sp³-hybridized carbons (Fsp3) is 0.300. The van der Waals surface area contributed by atoms with Gasteiger partial charge in [0.1, 0.15) is 19.4 Å². The first-order valence-corrected chi connectivity index (χ1v) is 8.69. The van der Waals surface area contributed by atoms with Gasteiger partial charge in [-0.15, -0.1) is 5.47 Å². The van der Waals surface area contributed by atoms with Gasteiger partial charge in [-0.2, -0.15) is 0 Å². The number of unbranched alkanes of at least 4 members (excludes halogenated alkanes) is 1. The van der Waals surface area contributed by atoms with E-state index in [1.165, 1.54) is 5.47 Å². The summed E-state index contributed by atoms with van der Waals surface area (Å²) in [4.78, 5) is 23.0. The summed E-state index contributed by atoms with van der Waals surface area (Å²) in [5.74, 6) is 0.599. The Morgan fingerprint density at radius 1 is 1.08 bits per heavy atom. The van der Waals surface area contributed by atoms with Gasteiger partial charge >= 0.3 is 11.9 Å². The lowest BCUT2D eigenvalue weighted by atomic mass is 9.88. The van der Waals surface area contributed by atoms with Crippen LogP contribution in [-0.2, 0) is 14.3 Å². The van der Waals surface area contributed by atoms with Gasteiger partial charge in [0.05, 0.1) is 18.8 Å². The molecule has 0 fully saturated rings. The highest BCUT2D eigenvalue weighted by molar-refractivity contribution is 6.21. The zero-order valence-electron chi connectivity index (χ0n) is 15.0. The van der Waals surface area contributed by atoms with E-state index >= 15 is 0 Å². The van der Waals surface area contributed by atoms with E-state index in [0.717, 1.165) is 25.3 Å². The van der Waals surface area contributed by atoms with E-state index in [1.54, 1.807) is 24.3 Å². The third-order valence-electron chi connectivity index (χ3n) is 3.85. The molecule has 6 heteroatoms. The molecule has 0 aromatic heterocycles. The maximum Gasteiger partial charge on any atom is 0.343 e. The number of allylic oxidation sites excluding steroid dienone is 4. The molecular formula is C20H23BO5. The fourth-order valence-corrected chi connectivity index (χ4v) is 2.30. The number of esters is 2. The first-order chi connectivity index (χ1) is 12.6. The number of rotatable bonds is 9. The highest BCUT2D eigenvalue weighted by atomic mass is 16.5. The van der Waals surface area contributed by atoms with Gasteiger partial charge in [0.25, 0.3) is 0 Å². The highest BCUT2D eigenvalue weighted by Gasteiger charge is 2.12. The predicted octanol–water partition coefficient (Wildman–Crippen LogP) is 2.93. The topological polar surface area (TPSA) is 61.8 Å². The van der Waals surface area contributed by atoms with Crippen molar-refractivity contribution in [1.29, 1.82) is 0 Å². The zero-order chi connectivity index (χ0) is 18.8. The maximum absolute atomic E-state index is 12.1.